The van der Waals surface area contributed by atoms with Gasteiger partial charge in [0.15, 0.2) is 18.3 Å². The molecule has 0 radical (unpaired) electrons. The quantitative estimate of drug-likeness (QED) is 0.441. The first-order valence-corrected chi connectivity index (χ1v) is 13.2. The van der Waals surface area contributed by atoms with Gasteiger partial charge in [0.1, 0.15) is 22.6 Å². The van der Waals surface area contributed by atoms with Crippen LogP contribution >= 0.6 is 0 Å². The lowest BCUT2D eigenvalue weighted by molar-refractivity contribution is 0.0358. The van der Waals surface area contributed by atoms with E-state index in [1.807, 2.05) is 4.90 Å². The maximum atomic E-state index is 15.6. The summed E-state index contributed by atoms with van der Waals surface area (Å²) in [7, 11) is 1.69. The molecule has 0 amide bonds. The second-order valence-corrected chi connectivity index (χ2v) is 10.1. The Kier molecular flexibility index (Phi) is 6.80. The molecule has 3 aliphatic heterocycles. The van der Waals surface area contributed by atoms with Crippen molar-refractivity contribution < 1.29 is 23.8 Å². The van der Waals surface area contributed by atoms with Crippen molar-refractivity contribution in [1.82, 2.24) is 19.4 Å². The van der Waals surface area contributed by atoms with Gasteiger partial charge in [0.05, 0.1) is 25.1 Å². The molecule has 212 valence electrons. The molecular formula is C26H30FN7O6. The second-order valence-electron chi connectivity index (χ2n) is 10.1. The molecule has 13 nitrogen and oxygen atoms in total. The van der Waals surface area contributed by atoms with Crippen LogP contribution in [0.5, 0.6) is 5.75 Å². The summed E-state index contributed by atoms with van der Waals surface area (Å²) in [5.74, 6) is -1.14. The number of benzene rings is 1. The molecule has 40 heavy (non-hydrogen) atoms. The third-order valence-corrected chi connectivity index (χ3v) is 7.65. The molecular weight excluding hydrogens is 525 g/mol. The van der Waals surface area contributed by atoms with Crippen LogP contribution in [0, 0.1) is 5.82 Å². The first kappa shape index (κ1) is 26.1. The van der Waals surface area contributed by atoms with E-state index in [2.05, 4.69) is 14.9 Å². The lowest BCUT2D eigenvalue weighted by Crippen LogP contribution is -2.48. The summed E-state index contributed by atoms with van der Waals surface area (Å²) < 4.78 is 29.9. The third kappa shape index (κ3) is 4.62. The SMILES string of the molecule is CN1COc2c(N3CCN(c4ccc(=O)n(CCN5CCOCC5)n4)CC3)c(F)cc3c(=O)c(C(=O)O)cn1c23. The minimum atomic E-state index is -1.38. The molecule has 3 aliphatic rings. The Morgan fingerprint density at radius 1 is 1.05 bits per heavy atom. The van der Waals surface area contributed by atoms with Crippen molar-refractivity contribution in [1.29, 1.82) is 0 Å². The van der Waals surface area contributed by atoms with E-state index >= 15 is 4.39 Å². The van der Waals surface area contributed by atoms with Gasteiger partial charge in [-0.25, -0.2) is 13.9 Å². The number of pyridine rings is 1. The van der Waals surface area contributed by atoms with Gasteiger partial charge in [0.2, 0.25) is 5.43 Å². The number of halogens is 1. The van der Waals surface area contributed by atoms with Crippen LogP contribution in [0.4, 0.5) is 15.9 Å². The number of carboxylic acid groups (broad SMARTS) is 1. The topological polar surface area (TPSA) is 126 Å². The molecule has 1 N–H and O–H groups in total. The Morgan fingerprint density at radius 2 is 1.77 bits per heavy atom. The molecule has 5 heterocycles. The molecule has 14 heteroatoms. The van der Waals surface area contributed by atoms with Gasteiger partial charge in [-0.3, -0.25) is 24.2 Å². The van der Waals surface area contributed by atoms with E-state index in [1.54, 1.807) is 18.1 Å². The lowest BCUT2D eigenvalue weighted by Gasteiger charge is -2.39. The molecule has 0 unspecified atom stereocenters. The standard InChI is InChI=1S/C26H30FN7O6/c1-29-16-40-25-22-17(24(36)18(26(37)38)15-34(22)29)14-19(27)23(25)32-7-5-31(6-8-32)20-2-3-21(35)33(28-20)9-4-30-10-12-39-13-11-30/h2-3,14-15H,4-13,16H2,1H3,(H,37,38). The highest BCUT2D eigenvalue weighted by atomic mass is 19.1. The lowest BCUT2D eigenvalue weighted by atomic mass is 10.1. The summed E-state index contributed by atoms with van der Waals surface area (Å²) >= 11 is 0. The number of hydrogen-bond donors (Lipinski definition) is 1. The largest absolute Gasteiger partial charge is 0.477 e. The highest BCUT2D eigenvalue weighted by Gasteiger charge is 2.31. The number of carbonyl (C=O) groups is 1. The molecule has 0 atom stereocenters. The number of rotatable bonds is 6. The van der Waals surface area contributed by atoms with E-state index in [1.165, 1.54) is 21.6 Å². The number of aromatic nitrogens is 3. The summed E-state index contributed by atoms with van der Waals surface area (Å²) in [5, 5.41) is 15.6. The van der Waals surface area contributed by atoms with Gasteiger partial charge in [-0.2, -0.15) is 5.10 Å². The molecule has 0 saturated carbocycles. The van der Waals surface area contributed by atoms with Crippen LogP contribution in [0.15, 0.2) is 34.0 Å². The van der Waals surface area contributed by atoms with Crippen molar-refractivity contribution in [2.24, 2.45) is 0 Å². The predicted octanol–water partition coefficient (Wildman–Crippen LogP) is -0.0280. The highest BCUT2D eigenvalue weighted by Crippen LogP contribution is 2.40. The number of ether oxygens (including phenoxy) is 2. The normalized spacial score (nSPS) is 17.8. The Hall–Kier alpha value is -4.17. The summed E-state index contributed by atoms with van der Waals surface area (Å²) in [4.78, 5) is 43.1. The van der Waals surface area contributed by atoms with E-state index in [-0.39, 0.29) is 29.1 Å². The zero-order valence-electron chi connectivity index (χ0n) is 22.1. The number of morpholine rings is 1. The van der Waals surface area contributed by atoms with Gasteiger partial charge >= 0.3 is 5.97 Å². The monoisotopic (exact) mass is 555 g/mol. The second kappa shape index (κ2) is 10.4. The number of nitrogens with zero attached hydrogens (tertiary/aromatic N) is 7. The van der Waals surface area contributed by atoms with Gasteiger partial charge in [0, 0.05) is 65.1 Å². The predicted molar refractivity (Wildman–Crippen MR) is 145 cm³/mol. The molecule has 2 aromatic heterocycles. The van der Waals surface area contributed by atoms with Crippen LogP contribution in [0.3, 0.4) is 0 Å². The fourth-order valence-electron chi connectivity index (χ4n) is 5.46. The van der Waals surface area contributed by atoms with Crippen molar-refractivity contribution >= 4 is 28.4 Å². The fourth-order valence-corrected chi connectivity index (χ4v) is 5.46. The van der Waals surface area contributed by atoms with Crippen molar-refractivity contribution in [3.63, 3.8) is 0 Å². The first-order chi connectivity index (χ1) is 19.3. The van der Waals surface area contributed by atoms with Gasteiger partial charge < -0.3 is 24.4 Å². The minimum Gasteiger partial charge on any atom is -0.477 e. The number of piperazine rings is 1. The smallest absolute Gasteiger partial charge is 0.341 e. The van der Waals surface area contributed by atoms with Crippen molar-refractivity contribution in [2.45, 2.75) is 6.54 Å². The number of anilines is 2. The minimum absolute atomic E-state index is 0.0510. The zero-order chi connectivity index (χ0) is 28.0. The van der Waals surface area contributed by atoms with Crippen LogP contribution in [0.25, 0.3) is 10.9 Å². The van der Waals surface area contributed by atoms with E-state index in [9.17, 15) is 19.5 Å². The Bertz CT molecular complexity index is 1580. The highest BCUT2D eigenvalue weighted by molar-refractivity contribution is 5.97. The summed E-state index contributed by atoms with van der Waals surface area (Å²) in [5.41, 5.74) is -0.792. The Balaban J connectivity index is 1.24. The molecule has 0 aliphatic carbocycles. The number of carboxylic acids is 1. The van der Waals surface area contributed by atoms with Gasteiger partial charge in [-0.15, -0.1) is 0 Å². The average Bonchev–Trinajstić information content (AvgIpc) is 2.96. The molecule has 1 aromatic carbocycles. The molecule has 3 aromatic rings. The summed E-state index contributed by atoms with van der Waals surface area (Å²) in [6, 6.07) is 4.33. The average molecular weight is 556 g/mol. The van der Waals surface area contributed by atoms with E-state index < -0.39 is 22.8 Å². The number of aromatic carboxylic acids is 1. The van der Waals surface area contributed by atoms with Gasteiger partial charge in [-0.05, 0) is 12.1 Å². The first-order valence-electron chi connectivity index (χ1n) is 13.2. The maximum absolute atomic E-state index is 15.6. The van der Waals surface area contributed by atoms with Gasteiger partial charge in [-0.1, -0.05) is 0 Å². The maximum Gasteiger partial charge on any atom is 0.341 e. The summed E-state index contributed by atoms with van der Waals surface area (Å²) in [6.45, 7) is 6.23. The Labute approximate surface area is 228 Å². The van der Waals surface area contributed by atoms with E-state index in [0.717, 1.165) is 19.2 Å². The molecule has 0 bridgehead atoms. The van der Waals surface area contributed by atoms with Crippen molar-refractivity contribution in [3.05, 3.63) is 56.4 Å². The summed E-state index contributed by atoms with van der Waals surface area (Å²) in [6.07, 6.45) is 1.25. The van der Waals surface area contributed by atoms with Gasteiger partial charge in [0.25, 0.3) is 5.56 Å². The fraction of sp³-hybridized carbons (Fsp3) is 0.462. The van der Waals surface area contributed by atoms with Crippen LogP contribution < -0.4 is 30.5 Å². The van der Waals surface area contributed by atoms with Crippen LogP contribution in [-0.4, -0.2) is 103 Å². The Morgan fingerprint density at radius 3 is 2.50 bits per heavy atom. The molecule has 6 rings (SSSR count). The van der Waals surface area contributed by atoms with Crippen LogP contribution in [0.2, 0.25) is 0 Å². The van der Waals surface area contributed by atoms with E-state index in [0.29, 0.717) is 63.8 Å². The van der Waals surface area contributed by atoms with Crippen LogP contribution in [-0.2, 0) is 11.3 Å². The zero-order valence-corrected chi connectivity index (χ0v) is 22.1. The third-order valence-electron chi connectivity index (χ3n) is 7.65. The van der Waals surface area contributed by atoms with Crippen LogP contribution in [0.1, 0.15) is 10.4 Å². The molecule has 2 fully saturated rings. The number of hydrogen-bond acceptors (Lipinski definition) is 10. The van der Waals surface area contributed by atoms with E-state index in [4.69, 9.17) is 9.47 Å². The molecule has 2 saturated heterocycles. The van der Waals surface area contributed by atoms with Crippen molar-refractivity contribution in [3.8, 4) is 5.75 Å². The molecule has 0 spiro atoms. The van der Waals surface area contributed by atoms with Crippen molar-refractivity contribution in [2.75, 3.05) is 87.6 Å².